The molecular weight excluding hydrogens is 320 g/mol. The minimum atomic E-state index is -3.98. The summed E-state index contributed by atoms with van der Waals surface area (Å²) < 4.78 is 34.8. The van der Waals surface area contributed by atoms with Gasteiger partial charge in [0.1, 0.15) is 5.82 Å². The van der Waals surface area contributed by atoms with Crippen LogP contribution in [0.1, 0.15) is 5.82 Å². The van der Waals surface area contributed by atoms with Crippen LogP contribution in [0.25, 0.3) is 0 Å². The van der Waals surface area contributed by atoms with Gasteiger partial charge in [-0.3, -0.25) is 0 Å². The van der Waals surface area contributed by atoms with Crippen LogP contribution in [0.15, 0.2) is 21.7 Å². The van der Waals surface area contributed by atoms with Crippen molar-refractivity contribution in [2.24, 2.45) is 0 Å². The topological polar surface area (TPSA) is 120 Å². The molecule has 2 aromatic rings. The molecule has 0 bridgehead atoms. The predicted molar refractivity (Wildman–Crippen MR) is 71.8 cm³/mol. The second kappa shape index (κ2) is 6.01. The van der Waals surface area contributed by atoms with Gasteiger partial charge in [-0.25, -0.2) is 17.9 Å². The molecule has 0 spiro atoms. The normalized spacial score (nSPS) is 11.0. The van der Waals surface area contributed by atoms with Crippen molar-refractivity contribution < 1.29 is 22.7 Å². The van der Waals surface area contributed by atoms with Gasteiger partial charge in [-0.1, -0.05) is 0 Å². The average molecular weight is 330 g/mol. The molecule has 1 N–H and O–H groups in total. The molecule has 112 valence electrons. The molecule has 1 amide bonds. The van der Waals surface area contributed by atoms with Gasteiger partial charge in [-0.2, -0.15) is 21.3 Å². The van der Waals surface area contributed by atoms with E-state index in [2.05, 4.69) is 15.0 Å². The third kappa shape index (κ3) is 3.86. The van der Waals surface area contributed by atoms with E-state index in [-0.39, 0.29) is 22.7 Å². The number of aromatic nitrogens is 3. The fourth-order valence-electron chi connectivity index (χ4n) is 1.25. The molecule has 0 saturated heterocycles. The number of sulfonamides is 1. The van der Waals surface area contributed by atoms with Crippen LogP contribution in [0.5, 0.6) is 12.0 Å². The summed E-state index contributed by atoms with van der Waals surface area (Å²) in [5.74, 6) is 0.255. The van der Waals surface area contributed by atoms with Gasteiger partial charge in [0.15, 0.2) is 0 Å². The summed E-state index contributed by atoms with van der Waals surface area (Å²) in [6.45, 7) is 1.54. The summed E-state index contributed by atoms with van der Waals surface area (Å²) in [7, 11) is -2.65. The number of hydrogen-bond donors (Lipinski definition) is 1. The van der Waals surface area contributed by atoms with E-state index in [4.69, 9.17) is 9.47 Å². The summed E-state index contributed by atoms with van der Waals surface area (Å²) in [5.41, 5.74) is 0. The first-order valence-corrected chi connectivity index (χ1v) is 7.87. The second-order valence-corrected chi connectivity index (χ2v) is 6.07. The molecule has 0 radical (unpaired) electrons. The second-order valence-electron chi connectivity index (χ2n) is 3.61. The zero-order valence-electron chi connectivity index (χ0n) is 10.9. The maximum Gasteiger partial charge on any atom is 0.429 e. The average Bonchev–Trinajstić information content (AvgIpc) is 2.91. The van der Waals surface area contributed by atoms with E-state index in [9.17, 15) is 13.2 Å². The van der Waals surface area contributed by atoms with Crippen molar-refractivity contribution in [3.63, 3.8) is 0 Å². The van der Waals surface area contributed by atoms with Crippen LogP contribution >= 0.6 is 11.3 Å². The molecule has 2 heterocycles. The monoisotopic (exact) mass is 330 g/mol. The number of amides is 1. The summed E-state index contributed by atoms with van der Waals surface area (Å²) in [6, 6.07) is 0.944. The summed E-state index contributed by atoms with van der Waals surface area (Å²) >= 11 is 1.18. The van der Waals surface area contributed by atoms with Gasteiger partial charge in [0.05, 0.1) is 12.0 Å². The number of hydrogen-bond acceptors (Lipinski definition) is 9. The number of carbonyl (C=O) groups is 1. The van der Waals surface area contributed by atoms with Crippen LogP contribution in [0.3, 0.4) is 0 Å². The first kappa shape index (κ1) is 15.1. The first-order valence-electron chi connectivity index (χ1n) is 5.44. The molecule has 2 rings (SSSR count). The molecule has 0 fully saturated rings. The smallest absolute Gasteiger partial charge is 0.429 e. The van der Waals surface area contributed by atoms with Gasteiger partial charge >= 0.3 is 18.1 Å². The molecule has 9 nitrogen and oxygen atoms in total. The Bertz CT molecular complexity index is 745. The number of methoxy groups -OCH3 is 1. The number of ether oxygens (including phenoxy) is 2. The SMILES string of the molecule is COc1nc(C)nc(OC(=O)NS(=O)(=O)c2ccsc2)n1. The highest BCUT2D eigenvalue weighted by Gasteiger charge is 2.20. The number of nitrogens with zero attached hydrogens (tertiary/aromatic N) is 3. The Kier molecular flexibility index (Phi) is 4.33. The Balaban J connectivity index is 2.10. The zero-order valence-corrected chi connectivity index (χ0v) is 12.6. The van der Waals surface area contributed by atoms with Crippen molar-refractivity contribution in [3.8, 4) is 12.0 Å². The molecule has 0 atom stereocenters. The van der Waals surface area contributed by atoms with Crippen LogP contribution in [0, 0.1) is 6.92 Å². The Morgan fingerprint density at radius 3 is 2.62 bits per heavy atom. The molecule has 0 saturated carbocycles. The molecule has 0 aliphatic carbocycles. The van der Waals surface area contributed by atoms with Crippen LogP contribution in [0.4, 0.5) is 4.79 Å². The van der Waals surface area contributed by atoms with Crippen molar-refractivity contribution in [1.29, 1.82) is 0 Å². The molecular formula is C10H10N4O5S2. The fraction of sp³-hybridized carbons (Fsp3) is 0.200. The van der Waals surface area contributed by atoms with E-state index in [1.54, 1.807) is 10.1 Å². The zero-order chi connectivity index (χ0) is 15.5. The number of thiophene rings is 1. The molecule has 0 aromatic carbocycles. The van der Waals surface area contributed by atoms with Gasteiger partial charge in [0.2, 0.25) is 0 Å². The Morgan fingerprint density at radius 2 is 2.00 bits per heavy atom. The quantitative estimate of drug-likeness (QED) is 0.871. The lowest BCUT2D eigenvalue weighted by Crippen LogP contribution is -2.33. The van der Waals surface area contributed by atoms with Crippen LogP contribution < -0.4 is 14.2 Å². The standard InChI is InChI=1S/C10H10N4O5S2/c1-6-11-8(18-2)13-9(12-6)19-10(15)14-21(16,17)7-3-4-20-5-7/h3-5H,1-2H3,(H,14,15). The van der Waals surface area contributed by atoms with Gasteiger partial charge < -0.3 is 9.47 Å². The van der Waals surface area contributed by atoms with Crippen LogP contribution in [-0.4, -0.2) is 36.6 Å². The van der Waals surface area contributed by atoms with Gasteiger partial charge in [-0.05, 0) is 18.4 Å². The lowest BCUT2D eigenvalue weighted by molar-refractivity contribution is 0.201. The largest absolute Gasteiger partial charge is 0.467 e. The van der Waals surface area contributed by atoms with Crippen molar-refractivity contribution >= 4 is 27.5 Å². The molecule has 0 unspecified atom stereocenters. The number of nitrogens with one attached hydrogen (secondary N) is 1. The molecule has 0 aliphatic rings. The number of rotatable bonds is 4. The lowest BCUT2D eigenvalue weighted by atomic mass is 10.7. The summed E-state index contributed by atoms with van der Waals surface area (Å²) in [6.07, 6.45) is -1.23. The van der Waals surface area contributed by atoms with E-state index >= 15 is 0 Å². The minimum Gasteiger partial charge on any atom is -0.467 e. The maximum atomic E-state index is 11.8. The maximum absolute atomic E-state index is 11.8. The van der Waals surface area contributed by atoms with Crippen molar-refractivity contribution in [2.75, 3.05) is 7.11 Å². The predicted octanol–water partition coefficient (Wildman–Crippen LogP) is 0.727. The van der Waals surface area contributed by atoms with E-state index in [1.807, 2.05) is 0 Å². The van der Waals surface area contributed by atoms with E-state index in [0.717, 1.165) is 0 Å². The van der Waals surface area contributed by atoms with E-state index in [1.165, 1.54) is 36.8 Å². The molecule has 11 heteroatoms. The Labute approximate surface area is 124 Å². The van der Waals surface area contributed by atoms with Gasteiger partial charge in [0, 0.05) is 5.38 Å². The highest BCUT2D eigenvalue weighted by Crippen LogP contribution is 2.13. The Hall–Kier alpha value is -2.27. The minimum absolute atomic E-state index is 0.0335. The van der Waals surface area contributed by atoms with Crippen LogP contribution in [-0.2, 0) is 10.0 Å². The third-order valence-corrected chi connectivity index (χ3v) is 4.24. The van der Waals surface area contributed by atoms with Crippen molar-refractivity contribution in [3.05, 3.63) is 22.7 Å². The van der Waals surface area contributed by atoms with E-state index in [0.29, 0.717) is 0 Å². The third-order valence-electron chi connectivity index (χ3n) is 2.10. The Morgan fingerprint density at radius 1 is 1.29 bits per heavy atom. The van der Waals surface area contributed by atoms with Crippen molar-refractivity contribution in [1.82, 2.24) is 19.7 Å². The number of aryl methyl sites for hydroxylation is 1. The summed E-state index contributed by atoms with van der Waals surface area (Å²) in [4.78, 5) is 22.8. The molecule has 21 heavy (non-hydrogen) atoms. The van der Waals surface area contributed by atoms with Crippen LogP contribution in [0.2, 0.25) is 0 Å². The molecule has 2 aromatic heterocycles. The van der Waals surface area contributed by atoms with E-state index < -0.39 is 16.1 Å². The first-order chi connectivity index (χ1) is 9.90. The number of carbonyl (C=O) groups excluding carboxylic acids is 1. The highest BCUT2D eigenvalue weighted by molar-refractivity contribution is 7.90. The highest BCUT2D eigenvalue weighted by atomic mass is 32.2. The van der Waals surface area contributed by atoms with Crippen molar-refractivity contribution in [2.45, 2.75) is 11.8 Å². The van der Waals surface area contributed by atoms with Gasteiger partial charge in [-0.15, -0.1) is 4.98 Å². The lowest BCUT2D eigenvalue weighted by Gasteiger charge is -2.06. The van der Waals surface area contributed by atoms with Gasteiger partial charge in [0.25, 0.3) is 10.0 Å². The molecule has 0 aliphatic heterocycles. The summed E-state index contributed by atoms with van der Waals surface area (Å²) in [5, 5.41) is 2.95. The fourth-order valence-corrected chi connectivity index (χ4v) is 3.15.